The van der Waals surface area contributed by atoms with Crippen LogP contribution >= 0.6 is 24.8 Å². The van der Waals surface area contributed by atoms with Crippen molar-refractivity contribution in [1.82, 2.24) is 10.1 Å². The lowest BCUT2D eigenvalue weighted by atomic mass is 10.0. The second kappa shape index (κ2) is 15.7. The fraction of sp³-hybridized carbons (Fsp3) is 0.619. The summed E-state index contributed by atoms with van der Waals surface area (Å²) in [6, 6.07) is 8.15. The SMILES string of the molecule is CCCCCCCCCCc1ccc(-c2noc([C@@H](N)CCN)n2)cc1.Cl.Cl. The Morgan fingerprint density at radius 2 is 1.54 bits per heavy atom. The van der Waals surface area contributed by atoms with Gasteiger partial charge in [-0.15, -0.1) is 24.8 Å². The summed E-state index contributed by atoms with van der Waals surface area (Å²) in [4.78, 5) is 4.39. The lowest BCUT2D eigenvalue weighted by molar-refractivity contribution is 0.350. The molecule has 7 heteroatoms. The molecule has 0 saturated carbocycles. The number of unbranched alkanes of at least 4 members (excludes halogenated alkanes) is 7. The molecule has 0 aliphatic rings. The molecule has 0 bridgehead atoms. The molecule has 1 aromatic carbocycles. The normalized spacial score (nSPS) is 11.5. The quantitative estimate of drug-likeness (QED) is 0.402. The topological polar surface area (TPSA) is 91.0 Å². The zero-order chi connectivity index (χ0) is 18.6. The minimum atomic E-state index is -0.289. The Morgan fingerprint density at radius 3 is 2.14 bits per heavy atom. The van der Waals surface area contributed by atoms with E-state index >= 15 is 0 Å². The fourth-order valence-electron chi connectivity index (χ4n) is 3.09. The number of halogens is 2. The van der Waals surface area contributed by atoms with Crippen LogP contribution in [0.1, 0.15) is 82.2 Å². The Bertz CT molecular complexity index is 619. The zero-order valence-corrected chi connectivity index (χ0v) is 18.6. The van der Waals surface area contributed by atoms with Crippen molar-refractivity contribution in [2.24, 2.45) is 11.5 Å². The smallest absolute Gasteiger partial charge is 0.243 e. The summed E-state index contributed by atoms with van der Waals surface area (Å²) < 4.78 is 5.25. The van der Waals surface area contributed by atoms with Gasteiger partial charge >= 0.3 is 0 Å². The molecular weight excluding hydrogens is 395 g/mol. The van der Waals surface area contributed by atoms with Crippen LogP contribution < -0.4 is 11.5 Å². The molecule has 0 unspecified atom stereocenters. The summed E-state index contributed by atoms with van der Waals surface area (Å²) >= 11 is 0. The van der Waals surface area contributed by atoms with Gasteiger partial charge in [0.05, 0.1) is 6.04 Å². The van der Waals surface area contributed by atoms with E-state index in [0.29, 0.717) is 24.7 Å². The number of hydrogen-bond acceptors (Lipinski definition) is 5. The molecule has 1 atom stereocenters. The maximum Gasteiger partial charge on any atom is 0.243 e. The van der Waals surface area contributed by atoms with Crippen molar-refractivity contribution in [3.05, 3.63) is 35.7 Å². The lowest BCUT2D eigenvalue weighted by Crippen LogP contribution is -2.15. The monoisotopic (exact) mass is 430 g/mol. The van der Waals surface area contributed by atoms with Gasteiger partial charge in [-0.25, -0.2) is 0 Å². The third-order valence-electron chi connectivity index (χ3n) is 4.77. The molecule has 1 heterocycles. The highest BCUT2D eigenvalue weighted by Gasteiger charge is 2.14. The van der Waals surface area contributed by atoms with E-state index in [9.17, 15) is 0 Å². The molecule has 2 aromatic rings. The highest BCUT2D eigenvalue weighted by atomic mass is 35.5. The van der Waals surface area contributed by atoms with E-state index in [-0.39, 0.29) is 30.9 Å². The van der Waals surface area contributed by atoms with Crippen LogP contribution in [0.5, 0.6) is 0 Å². The van der Waals surface area contributed by atoms with Crippen LogP contribution in [0.25, 0.3) is 11.4 Å². The predicted molar refractivity (Wildman–Crippen MR) is 121 cm³/mol. The van der Waals surface area contributed by atoms with Gasteiger partial charge in [-0.3, -0.25) is 0 Å². The van der Waals surface area contributed by atoms with E-state index in [4.69, 9.17) is 16.0 Å². The third-order valence-corrected chi connectivity index (χ3v) is 4.77. The first-order chi connectivity index (χ1) is 12.7. The Labute approximate surface area is 181 Å². The van der Waals surface area contributed by atoms with E-state index in [1.807, 2.05) is 0 Å². The van der Waals surface area contributed by atoms with Crippen molar-refractivity contribution >= 4 is 24.8 Å². The molecule has 1 aromatic heterocycles. The average Bonchev–Trinajstić information content (AvgIpc) is 3.15. The minimum Gasteiger partial charge on any atom is -0.337 e. The van der Waals surface area contributed by atoms with Gasteiger partial charge < -0.3 is 16.0 Å². The molecule has 0 saturated heterocycles. The highest BCUT2D eigenvalue weighted by Crippen LogP contribution is 2.20. The van der Waals surface area contributed by atoms with Gasteiger partial charge in [0.1, 0.15) is 0 Å². The minimum absolute atomic E-state index is 0. The molecule has 2 rings (SSSR count). The summed E-state index contributed by atoms with van der Waals surface area (Å²) in [6.07, 6.45) is 12.6. The van der Waals surface area contributed by atoms with Crippen LogP contribution in [-0.2, 0) is 6.42 Å². The van der Waals surface area contributed by atoms with Crippen LogP contribution in [0.4, 0.5) is 0 Å². The number of benzene rings is 1. The Kier molecular flexibility index (Phi) is 15.1. The maximum absolute atomic E-state index is 5.96. The first kappa shape index (κ1) is 26.9. The summed E-state index contributed by atoms with van der Waals surface area (Å²) in [7, 11) is 0. The van der Waals surface area contributed by atoms with Crippen molar-refractivity contribution in [2.45, 2.75) is 77.2 Å². The van der Waals surface area contributed by atoms with Gasteiger partial charge in [0.25, 0.3) is 0 Å². The molecular formula is C21H36Cl2N4O. The average molecular weight is 431 g/mol. The van der Waals surface area contributed by atoms with Gasteiger partial charge in [0, 0.05) is 5.56 Å². The van der Waals surface area contributed by atoms with E-state index in [1.165, 1.54) is 56.9 Å². The number of rotatable bonds is 13. The maximum atomic E-state index is 5.96. The number of aromatic nitrogens is 2. The summed E-state index contributed by atoms with van der Waals surface area (Å²) in [6.45, 7) is 2.77. The Balaban J connectivity index is 0.00000364. The first-order valence-corrected chi connectivity index (χ1v) is 10.1. The molecule has 4 N–H and O–H groups in total. The van der Waals surface area contributed by atoms with Gasteiger partial charge in [-0.2, -0.15) is 4.98 Å². The van der Waals surface area contributed by atoms with Crippen LogP contribution in [0, 0.1) is 0 Å². The molecule has 0 spiro atoms. The van der Waals surface area contributed by atoms with E-state index in [0.717, 1.165) is 12.0 Å². The number of aryl methyl sites for hydroxylation is 1. The first-order valence-electron chi connectivity index (χ1n) is 10.1. The Hall–Kier alpha value is -1.14. The van der Waals surface area contributed by atoms with Crippen molar-refractivity contribution < 1.29 is 4.52 Å². The van der Waals surface area contributed by atoms with Crippen molar-refractivity contribution in [1.29, 1.82) is 0 Å². The van der Waals surface area contributed by atoms with Gasteiger partial charge in [-0.1, -0.05) is 81.3 Å². The van der Waals surface area contributed by atoms with Gasteiger partial charge in [-0.05, 0) is 31.4 Å². The largest absolute Gasteiger partial charge is 0.337 e. The highest BCUT2D eigenvalue weighted by molar-refractivity contribution is 5.85. The van der Waals surface area contributed by atoms with Crippen LogP contribution in [0.2, 0.25) is 0 Å². The molecule has 5 nitrogen and oxygen atoms in total. The third kappa shape index (κ3) is 9.37. The summed E-state index contributed by atoms with van der Waals surface area (Å²) in [5.74, 6) is 1.04. The van der Waals surface area contributed by atoms with Crippen LogP contribution in [-0.4, -0.2) is 16.7 Å². The van der Waals surface area contributed by atoms with E-state index in [1.54, 1.807) is 0 Å². The molecule has 28 heavy (non-hydrogen) atoms. The van der Waals surface area contributed by atoms with Gasteiger partial charge in [0.15, 0.2) is 0 Å². The number of nitrogens with two attached hydrogens (primary N) is 2. The summed E-state index contributed by atoms with van der Waals surface area (Å²) in [5, 5.41) is 4.03. The van der Waals surface area contributed by atoms with E-state index < -0.39 is 0 Å². The van der Waals surface area contributed by atoms with E-state index in [2.05, 4.69) is 41.3 Å². The molecule has 0 radical (unpaired) electrons. The molecule has 0 fully saturated rings. The second-order valence-corrected chi connectivity index (χ2v) is 7.06. The Morgan fingerprint density at radius 1 is 0.929 bits per heavy atom. The summed E-state index contributed by atoms with van der Waals surface area (Å²) in [5.41, 5.74) is 13.8. The molecule has 160 valence electrons. The zero-order valence-electron chi connectivity index (χ0n) is 16.9. The fourth-order valence-corrected chi connectivity index (χ4v) is 3.09. The number of hydrogen-bond donors (Lipinski definition) is 2. The molecule has 0 aliphatic heterocycles. The lowest BCUT2D eigenvalue weighted by Gasteiger charge is -2.04. The van der Waals surface area contributed by atoms with Crippen molar-refractivity contribution in [2.75, 3.05) is 6.54 Å². The van der Waals surface area contributed by atoms with Crippen molar-refractivity contribution in [3.8, 4) is 11.4 Å². The number of nitrogens with zero attached hydrogens (tertiary/aromatic N) is 2. The van der Waals surface area contributed by atoms with Gasteiger partial charge in [0.2, 0.25) is 11.7 Å². The molecule has 0 aliphatic carbocycles. The molecule has 0 amide bonds. The standard InChI is InChI=1S/C21H34N4O.2ClH/c1-2-3-4-5-6-7-8-9-10-17-11-13-18(14-12-17)20-24-21(26-25-20)19(23)15-16-22;;/h11-14,19H,2-10,15-16,22-23H2,1H3;2*1H/t19-;;/m0../s1. The van der Waals surface area contributed by atoms with Crippen LogP contribution in [0.3, 0.4) is 0 Å². The predicted octanol–water partition coefficient (Wildman–Crippen LogP) is 5.61. The van der Waals surface area contributed by atoms with Crippen molar-refractivity contribution in [3.63, 3.8) is 0 Å². The second-order valence-electron chi connectivity index (χ2n) is 7.06. The van der Waals surface area contributed by atoms with Crippen LogP contribution in [0.15, 0.2) is 28.8 Å².